The van der Waals surface area contributed by atoms with E-state index in [1.165, 1.54) is 5.56 Å². The van der Waals surface area contributed by atoms with Crippen molar-refractivity contribution < 1.29 is 0 Å². The Morgan fingerprint density at radius 1 is 1.40 bits per heavy atom. The van der Waals surface area contributed by atoms with Crippen LogP contribution in [0.4, 0.5) is 0 Å². The lowest BCUT2D eigenvalue weighted by atomic mass is 10.0. The van der Waals surface area contributed by atoms with E-state index in [9.17, 15) is 0 Å². The topological polar surface area (TPSA) is 0 Å². The van der Waals surface area contributed by atoms with Crippen molar-refractivity contribution in [3.05, 3.63) is 49.2 Å². The minimum atomic E-state index is 0.363. The highest BCUT2D eigenvalue weighted by Gasteiger charge is 1.85. The number of hydrogen-bond donors (Lipinski definition) is 0. The Labute approximate surface area is 62.9 Å². The van der Waals surface area contributed by atoms with Crippen molar-refractivity contribution in [1.29, 1.82) is 0 Å². The fourth-order valence-electron chi connectivity index (χ4n) is 0.900. The van der Waals surface area contributed by atoms with E-state index in [0.29, 0.717) is 5.92 Å². The Kier molecular flexibility index (Phi) is 2.00. The maximum absolute atomic E-state index is 3.92. The zero-order valence-electron chi connectivity index (χ0n) is 6.30. The van der Waals surface area contributed by atoms with Crippen molar-refractivity contribution in [2.24, 2.45) is 0 Å². The van der Waals surface area contributed by atoms with E-state index < -0.39 is 0 Å². The summed E-state index contributed by atoms with van der Waals surface area (Å²) in [5.41, 5.74) is 2.32. The average Bonchev–Trinajstić information content (AvgIpc) is 1.88. The van der Waals surface area contributed by atoms with E-state index in [2.05, 4.69) is 32.9 Å². The molecule has 0 aromatic heterocycles. The Balaban J connectivity index is 2.96. The summed E-state index contributed by atoms with van der Waals surface area (Å²) in [6.45, 7) is 9.84. The summed E-state index contributed by atoms with van der Waals surface area (Å²) >= 11 is 0. The lowest BCUT2D eigenvalue weighted by molar-refractivity contribution is 0.963. The largest absolute Gasteiger partial charge is 0.337 e. The van der Waals surface area contributed by atoms with E-state index in [-0.39, 0.29) is 0 Å². The number of rotatable bonds is 1. The summed E-state index contributed by atoms with van der Waals surface area (Å²) in [4.78, 5) is 0. The summed E-state index contributed by atoms with van der Waals surface area (Å²) in [6.07, 6.45) is 0. The third-order valence-electron chi connectivity index (χ3n) is 1.52. The molecule has 0 radical (unpaired) electrons. The molecule has 1 atom stereocenters. The van der Waals surface area contributed by atoms with E-state index in [1.807, 2.05) is 12.1 Å². The molecule has 0 heteroatoms. The Bertz CT molecular complexity index is 211. The summed E-state index contributed by atoms with van der Waals surface area (Å²) in [5, 5.41) is 0. The molecule has 1 rings (SSSR count). The van der Waals surface area contributed by atoms with Crippen molar-refractivity contribution in [2.75, 3.05) is 0 Å². The second-order valence-electron chi connectivity index (χ2n) is 2.65. The number of hydrogen-bond acceptors (Lipinski definition) is 0. The van der Waals surface area contributed by atoms with Crippen molar-refractivity contribution >= 4 is 0 Å². The molecule has 54 valence electrons. The van der Waals surface area contributed by atoms with Gasteiger partial charge in [0.05, 0.1) is 0 Å². The zero-order valence-corrected chi connectivity index (χ0v) is 6.30. The monoisotopic (exact) mass is 132 g/mol. The lowest BCUT2D eigenvalue weighted by Gasteiger charge is -2.15. The van der Waals surface area contributed by atoms with Gasteiger partial charge in [-0.15, -0.1) is 11.6 Å². The minimum absolute atomic E-state index is 0.363. The van der Waals surface area contributed by atoms with Gasteiger partial charge in [0.2, 0.25) is 0 Å². The molecule has 1 unspecified atom stereocenters. The molecule has 1 aromatic carbocycles. The molecule has 1 aromatic rings. The third kappa shape index (κ3) is 1.53. The van der Waals surface area contributed by atoms with Gasteiger partial charge in [-0.25, -0.2) is 0 Å². The molecule has 0 saturated carbocycles. The highest BCUT2D eigenvalue weighted by Crippen LogP contribution is 2.13. The van der Waals surface area contributed by atoms with Gasteiger partial charge >= 0.3 is 0 Å². The maximum Gasteiger partial charge on any atom is -0.0857 e. The van der Waals surface area contributed by atoms with Crippen LogP contribution in [0.3, 0.4) is 0 Å². The van der Waals surface area contributed by atoms with Crippen LogP contribution in [0.1, 0.15) is 24.0 Å². The summed E-state index contributed by atoms with van der Waals surface area (Å²) in [5.74, 6) is 0.363. The van der Waals surface area contributed by atoms with E-state index in [0.717, 1.165) is 5.56 Å². The first-order valence-electron chi connectivity index (χ1n) is 3.45. The molecule has 0 aliphatic rings. The van der Waals surface area contributed by atoms with Crippen molar-refractivity contribution in [1.82, 2.24) is 0 Å². The standard InChI is InChI=1S/C10H12/c1-8(2)10-6-4-5-9(3)7-10/h4-8H,1,3H2,2H3/q-2. The Morgan fingerprint density at radius 3 is 2.50 bits per heavy atom. The first-order valence-corrected chi connectivity index (χ1v) is 3.45. The molecule has 0 saturated heterocycles. The Hall–Kier alpha value is -0.910. The van der Waals surface area contributed by atoms with Crippen LogP contribution in [0.2, 0.25) is 0 Å². The second-order valence-corrected chi connectivity index (χ2v) is 2.65. The van der Waals surface area contributed by atoms with Gasteiger partial charge in [0.15, 0.2) is 0 Å². The molecule has 0 aliphatic heterocycles. The Morgan fingerprint density at radius 2 is 2.10 bits per heavy atom. The molecule has 10 heavy (non-hydrogen) atoms. The van der Waals surface area contributed by atoms with Crippen molar-refractivity contribution in [2.45, 2.75) is 12.8 Å². The van der Waals surface area contributed by atoms with Crippen LogP contribution in [0, 0.1) is 13.8 Å². The first kappa shape index (κ1) is 7.20. The molecule has 0 aliphatic carbocycles. The van der Waals surface area contributed by atoms with Gasteiger partial charge in [0.1, 0.15) is 0 Å². The maximum atomic E-state index is 3.92. The normalized spacial score (nSPS) is 13.0. The van der Waals surface area contributed by atoms with Gasteiger partial charge in [-0.05, 0) is 0 Å². The minimum Gasteiger partial charge on any atom is -0.337 e. The summed E-state index contributed by atoms with van der Waals surface area (Å²) in [7, 11) is 0. The smallest absolute Gasteiger partial charge is 0.0857 e. The van der Waals surface area contributed by atoms with Gasteiger partial charge < -0.3 is 6.92 Å². The molecule has 0 spiro atoms. The van der Waals surface area contributed by atoms with Gasteiger partial charge in [-0.2, -0.15) is 30.5 Å². The van der Waals surface area contributed by atoms with Gasteiger partial charge in [-0.3, -0.25) is 0 Å². The quantitative estimate of drug-likeness (QED) is 0.515. The van der Waals surface area contributed by atoms with Crippen LogP contribution < -0.4 is 0 Å². The third-order valence-corrected chi connectivity index (χ3v) is 1.52. The summed E-state index contributed by atoms with van der Waals surface area (Å²) in [6, 6.07) is 8.15. The average molecular weight is 132 g/mol. The lowest BCUT2D eigenvalue weighted by Crippen LogP contribution is -1.86. The molecule has 0 amide bonds. The van der Waals surface area contributed by atoms with Crippen LogP contribution in [0.5, 0.6) is 0 Å². The molecule has 0 fully saturated rings. The predicted octanol–water partition coefficient (Wildman–Crippen LogP) is 2.81. The summed E-state index contributed by atoms with van der Waals surface area (Å²) < 4.78 is 0. The highest BCUT2D eigenvalue weighted by molar-refractivity contribution is 5.27. The van der Waals surface area contributed by atoms with Gasteiger partial charge in [0, 0.05) is 0 Å². The molecule has 0 heterocycles. The van der Waals surface area contributed by atoms with Crippen LogP contribution in [-0.2, 0) is 0 Å². The second kappa shape index (κ2) is 2.78. The van der Waals surface area contributed by atoms with Gasteiger partial charge in [-0.1, -0.05) is 13.0 Å². The van der Waals surface area contributed by atoms with Crippen LogP contribution in [-0.4, -0.2) is 0 Å². The fourth-order valence-corrected chi connectivity index (χ4v) is 0.900. The fraction of sp³-hybridized carbons (Fsp3) is 0.200. The van der Waals surface area contributed by atoms with Crippen LogP contribution in [0.15, 0.2) is 24.3 Å². The van der Waals surface area contributed by atoms with E-state index in [1.54, 1.807) is 0 Å². The highest BCUT2D eigenvalue weighted by atomic mass is 14.0. The molecular weight excluding hydrogens is 120 g/mol. The zero-order chi connectivity index (χ0) is 7.56. The molecule has 0 bridgehead atoms. The molecule has 0 N–H and O–H groups in total. The van der Waals surface area contributed by atoms with E-state index >= 15 is 0 Å². The van der Waals surface area contributed by atoms with Crippen molar-refractivity contribution in [3.63, 3.8) is 0 Å². The first-order chi connectivity index (χ1) is 4.70. The SMILES string of the molecule is [CH2-]c1cccc(C([CH2-])C)c1. The van der Waals surface area contributed by atoms with Gasteiger partial charge in [0.25, 0.3) is 0 Å². The molecular formula is C10H12-2. The number of benzene rings is 1. The van der Waals surface area contributed by atoms with Crippen LogP contribution in [0.25, 0.3) is 0 Å². The predicted molar refractivity (Wildman–Crippen MR) is 44.7 cm³/mol. The molecule has 0 nitrogen and oxygen atoms in total. The van der Waals surface area contributed by atoms with Crippen LogP contribution >= 0.6 is 0 Å². The van der Waals surface area contributed by atoms with Crippen molar-refractivity contribution in [3.8, 4) is 0 Å². The van der Waals surface area contributed by atoms with E-state index in [4.69, 9.17) is 0 Å².